The van der Waals surface area contributed by atoms with Crippen LogP contribution in [0.2, 0.25) is 0 Å². The van der Waals surface area contributed by atoms with Crippen molar-refractivity contribution >= 4 is 0 Å². The molecule has 0 saturated heterocycles. The molecule has 0 saturated carbocycles. The summed E-state index contributed by atoms with van der Waals surface area (Å²) in [6.07, 6.45) is 3.31. The number of ether oxygens (including phenoxy) is 3. The Kier molecular flexibility index (Phi) is 7.40. The minimum Gasteiger partial charge on any atom is -0.489 e. The third-order valence-electron chi connectivity index (χ3n) is 2.46. The molecule has 0 aromatic carbocycles. The molecular weight excluding hydrogens is 246 g/mol. The highest BCUT2D eigenvalue weighted by Gasteiger charge is 2.09. The summed E-state index contributed by atoms with van der Waals surface area (Å²) in [6.45, 7) is 5.49. The molecule has 5 heteroatoms. The fourth-order valence-corrected chi connectivity index (χ4v) is 1.56. The number of hydrogen-bond donors (Lipinski definition) is 1. The zero-order chi connectivity index (χ0) is 14.1. The van der Waals surface area contributed by atoms with Crippen LogP contribution in [0.25, 0.3) is 0 Å². The molecule has 0 bridgehead atoms. The van der Waals surface area contributed by atoms with Gasteiger partial charge in [0.1, 0.15) is 5.75 Å². The molecule has 0 aliphatic heterocycles. The molecule has 1 aromatic rings. The van der Waals surface area contributed by atoms with Gasteiger partial charge >= 0.3 is 0 Å². The first-order valence-electron chi connectivity index (χ1n) is 6.50. The topological polar surface area (TPSA) is 60.8 Å². The molecule has 1 N–H and O–H groups in total. The van der Waals surface area contributed by atoms with Gasteiger partial charge in [-0.1, -0.05) is 0 Å². The Bertz CT molecular complexity index is 357. The zero-order valence-corrected chi connectivity index (χ0v) is 11.8. The van der Waals surface area contributed by atoms with Crippen LogP contribution in [-0.4, -0.2) is 43.1 Å². The predicted octanol–water partition coefficient (Wildman–Crippen LogP) is 1.96. The van der Waals surface area contributed by atoms with Gasteiger partial charge < -0.3 is 19.3 Å². The van der Waals surface area contributed by atoms with Gasteiger partial charge in [-0.05, 0) is 19.9 Å². The first kappa shape index (κ1) is 15.9. The summed E-state index contributed by atoms with van der Waals surface area (Å²) >= 11 is 0. The molecule has 1 aromatic heterocycles. The van der Waals surface area contributed by atoms with Crippen molar-refractivity contribution in [2.24, 2.45) is 0 Å². The van der Waals surface area contributed by atoms with Crippen molar-refractivity contribution in [2.45, 2.75) is 32.5 Å². The second kappa shape index (κ2) is 8.85. The summed E-state index contributed by atoms with van der Waals surface area (Å²) in [5.74, 6) is 0.673. The van der Waals surface area contributed by atoms with Crippen LogP contribution < -0.4 is 4.74 Å². The molecule has 0 radical (unpaired) electrons. The second-order valence-electron chi connectivity index (χ2n) is 4.53. The average Bonchev–Trinajstić information content (AvgIpc) is 2.38. The number of aromatic nitrogens is 1. The van der Waals surface area contributed by atoms with E-state index in [1.54, 1.807) is 19.5 Å². The monoisotopic (exact) mass is 269 g/mol. The van der Waals surface area contributed by atoms with E-state index in [-0.39, 0.29) is 6.10 Å². The van der Waals surface area contributed by atoms with Gasteiger partial charge in [-0.3, -0.25) is 4.98 Å². The zero-order valence-electron chi connectivity index (χ0n) is 11.8. The third-order valence-corrected chi connectivity index (χ3v) is 2.46. The van der Waals surface area contributed by atoms with Gasteiger partial charge in [0.2, 0.25) is 0 Å². The Labute approximate surface area is 114 Å². The standard InChI is InChI=1S/C14H23NO4/c1-11(2)19-13-8-12(9-15-10-13)14(16)4-5-18-7-6-17-3/h8-11,14,16H,4-7H2,1-3H3. The van der Waals surface area contributed by atoms with Gasteiger partial charge in [-0.2, -0.15) is 0 Å². The molecule has 0 aliphatic carbocycles. The van der Waals surface area contributed by atoms with Gasteiger partial charge in [0.05, 0.1) is 31.6 Å². The van der Waals surface area contributed by atoms with E-state index in [0.29, 0.717) is 32.0 Å². The van der Waals surface area contributed by atoms with Crippen LogP contribution in [0.1, 0.15) is 31.9 Å². The Balaban J connectivity index is 2.40. The van der Waals surface area contributed by atoms with E-state index in [2.05, 4.69) is 4.98 Å². The fourth-order valence-electron chi connectivity index (χ4n) is 1.56. The van der Waals surface area contributed by atoms with Crippen molar-refractivity contribution in [3.05, 3.63) is 24.0 Å². The lowest BCUT2D eigenvalue weighted by Gasteiger charge is -2.14. The minimum atomic E-state index is -0.592. The number of hydrogen-bond acceptors (Lipinski definition) is 5. The van der Waals surface area contributed by atoms with Gasteiger partial charge in [-0.25, -0.2) is 0 Å². The Morgan fingerprint density at radius 1 is 1.21 bits per heavy atom. The summed E-state index contributed by atoms with van der Waals surface area (Å²) < 4.78 is 15.7. The first-order chi connectivity index (χ1) is 9.13. The lowest BCUT2D eigenvalue weighted by Crippen LogP contribution is -2.09. The minimum absolute atomic E-state index is 0.0894. The SMILES string of the molecule is COCCOCCC(O)c1cncc(OC(C)C)c1. The van der Waals surface area contributed by atoms with E-state index >= 15 is 0 Å². The Morgan fingerprint density at radius 3 is 2.68 bits per heavy atom. The molecule has 1 rings (SSSR count). The first-order valence-corrected chi connectivity index (χ1v) is 6.50. The van der Waals surface area contributed by atoms with Crippen molar-refractivity contribution in [2.75, 3.05) is 26.9 Å². The maximum atomic E-state index is 10.0. The molecule has 0 fully saturated rings. The summed E-state index contributed by atoms with van der Waals surface area (Å²) in [5, 5.41) is 10.0. The van der Waals surface area contributed by atoms with Gasteiger partial charge in [0.25, 0.3) is 0 Å². The van der Waals surface area contributed by atoms with Crippen LogP contribution >= 0.6 is 0 Å². The van der Waals surface area contributed by atoms with E-state index in [9.17, 15) is 5.11 Å². The average molecular weight is 269 g/mol. The quantitative estimate of drug-likeness (QED) is 0.694. The van der Waals surface area contributed by atoms with Crippen LogP contribution in [0.5, 0.6) is 5.75 Å². The summed E-state index contributed by atoms with van der Waals surface area (Å²) in [4.78, 5) is 4.07. The number of nitrogens with zero attached hydrogens (tertiary/aromatic N) is 1. The number of rotatable bonds is 9. The molecule has 108 valence electrons. The van der Waals surface area contributed by atoms with Gasteiger partial charge in [-0.15, -0.1) is 0 Å². The van der Waals surface area contributed by atoms with Gasteiger partial charge in [0.15, 0.2) is 0 Å². The lowest BCUT2D eigenvalue weighted by molar-refractivity contribution is 0.0474. The smallest absolute Gasteiger partial charge is 0.138 e. The molecule has 1 atom stereocenters. The molecule has 1 unspecified atom stereocenters. The Hall–Kier alpha value is -1.17. The van der Waals surface area contributed by atoms with Crippen molar-refractivity contribution in [3.63, 3.8) is 0 Å². The fraction of sp³-hybridized carbons (Fsp3) is 0.643. The van der Waals surface area contributed by atoms with Crippen LogP contribution in [0.4, 0.5) is 0 Å². The van der Waals surface area contributed by atoms with Crippen molar-refractivity contribution in [1.29, 1.82) is 0 Å². The molecule has 19 heavy (non-hydrogen) atoms. The van der Waals surface area contributed by atoms with Crippen LogP contribution in [-0.2, 0) is 9.47 Å². The van der Waals surface area contributed by atoms with Gasteiger partial charge in [0, 0.05) is 31.9 Å². The van der Waals surface area contributed by atoms with Crippen LogP contribution in [0, 0.1) is 0 Å². The van der Waals surface area contributed by atoms with E-state index in [1.165, 1.54) is 0 Å². The molecule has 0 aliphatic rings. The van der Waals surface area contributed by atoms with E-state index in [1.807, 2.05) is 19.9 Å². The largest absolute Gasteiger partial charge is 0.489 e. The summed E-state index contributed by atoms with van der Waals surface area (Å²) in [5.41, 5.74) is 0.744. The van der Waals surface area contributed by atoms with E-state index in [0.717, 1.165) is 5.56 Å². The van der Waals surface area contributed by atoms with Crippen LogP contribution in [0.3, 0.4) is 0 Å². The highest BCUT2D eigenvalue weighted by atomic mass is 16.5. The maximum Gasteiger partial charge on any atom is 0.138 e. The molecule has 1 heterocycles. The lowest BCUT2D eigenvalue weighted by atomic mass is 10.1. The predicted molar refractivity (Wildman–Crippen MR) is 72.3 cm³/mol. The number of aliphatic hydroxyl groups is 1. The summed E-state index contributed by atoms with van der Waals surface area (Å²) in [7, 11) is 1.63. The maximum absolute atomic E-state index is 10.0. The normalized spacial score (nSPS) is 12.7. The summed E-state index contributed by atoms with van der Waals surface area (Å²) in [6, 6.07) is 1.81. The van der Waals surface area contributed by atoms with E-state index < -0.39 is 6.10 Å². The second-order valence-corrected chi connectivity index (χ2v) is 4.53. The molecular formula is C14H23NO4. The van der Waals surface area contributed by atoms with Crippen molar-refractivity contribution in [3.8, 4) is 5.75 Å². The Morgan fingerprint density at radius 2 is 2.00 bits per heavy atom. The molecule has 0 amide bonds. The molecule has 5 nitrogen and oxygen atoms in total. The van der Waals surface area contributed by atoms with E-state index in [4.69, 9.17) is 14.2 Å². The van der Waals surface area contributed by atoms with Crippen LogP contribution in [0.15, 0.2) is 18.5 Å². The number of aliphatic hydroxyl groups excluding tert-OH is 1. The number of pyridine rings is 1. The molecule has 0 spiro atoms. The van der Waals surface area contributed by atoms with Crippen molar-refractivity contribution < 1.29 is 19.3 Å². The third kappa shape index (κ3) is 6.52. The number of methoxy groups -OCH3 is 1. The van der Waals surface area contributed by atoms with Crippen molar-refractivity contribution in [1.82, 2.24) is 4.98 Å². The highest BCUT2D eigenvalue weighted by molar-refractivity contribution is 5.25. The highest BCUT2D eigenvalue weighted by Crippen LogP contribution is 2.20.